The number of halogens is 1. The van der Waals surface area contributed by atoms with Crippen LogP contribution < -0.4 is 5.73 Å². The molecule has 4 heteroatoms. The molecule has 100 valence electrons. The summed E-state index contributed by atoms with van der Waals surface area (Å²) < 4.78 is 0. The Kier molecular flexibility index (Phi) is 5.22. The van der Waals surface area contributed by atoms with Crippen molar-refractivity contribution < 1.29 is 0 Å². The minimum absolute atomic E-state index is 0.742. The molecule has 1 heterocycles. The van der Waals surface area contributed by atoms with E-state index in [9.17, 15) is 0 Å². The lowest BCUT2D eigenvalue weighted by molar-refractivity contribution is 0.182. The molecule has 0 spiro atoms. The molecule has 2 rings (SSSR count). The van der Waals surface area contributed by atoms with E-state index in [4.69, 9.17) is 17.3 Å². The fourth-order valence-electron chi connectivity index (χ4n) is 2.45. The van der Waals surface area contributed by atoms with Crippen molar-refractivity contribution in [2.24, 2.45) is 0 Å². The number of nitrogens with zero attached hydrogens (tertiary/aromatic N) is 1. The average Bonchev–Trinajstić information content (AvgIpc) is 2.36. The van der Waals surface area contributed by atoms with Gasteiger partial charge in [-0.1, -0.05) is 18.0 Å². The molecule has 1 saturated heterocycles. The number of nitrogen functional groups attached to an aromatic ring is 1. The summed E-state index contributed by atoms with van der Waals surface area (Å²) in [6.45, 7) is 1.24. The summed E-state index contributed by atoms with van der Waals surface area (Å²) in [5.41, 5.74) is 6.78. The minimum atomic E-state index is 0.742. The zero-order valence-corrected chi connectivity index (χ0v) is 12.4. The molecule has 0 radical (unpaired) electrons. The lowest BCUT2D eigenvalue weighted by Gasteiger charge is -2.32. The van der Waals surface area contributed by atoms with E-state index in [2.05, 4.69) is 11.9 Å². The number of thioether (sulfide) groups is 1. The van der Waals surface area contributed by atoms with Gasteiger partial charge in [-0.2, -0.15) is 0 Å². The molecule has 0 aliphatic carbocycles. The number of nitrogens with two attached hydrogens (primary N) is 1. The Balaban J connectivity index is 1.82. The van der Waals surface area contributed by atoms with Gasteiger partial charge in [-0.05, 0) is 56.8 Å². The number of anilines is 1. The van der Waals surface area contributed by atoms with E-state index in [1.54, 1.807) is 0 Å². The van der Waals surface area contributed by atoms with Gasteiger partial charge in [0.1, 0.15) is 0 Å². The van der Waals surface area contributed by atoms with Crippen molar-refractivity contribution in [3.8, 4) is 0 Å². The molecule has 2 nitrogen and oxygen atoms in total. The lowest BCUT2D eigenvalue weighted by Crippen LogP contribution is -2.36. The van der Waals surface area contributed by atoms with Gasteiger partial charge in [0.25, 0.3) is 0 Å². The first-order valence-corrected chi connectivity index (χ1v) is 7.91. The Morgan fingerprint density at radius 1 is 1.44 bits per heavy atom. The van der Waals surface area contributed by atoms with Crippen LogP contribution in [0.2, 0.25) is 5.02 Å². The Hall–Kier alpha value is -0.380. The van der Waals surface area contributed by atoms with Crippen LogP contribution >= 0.6 is 23.4 Å². The Labute approximate surface area is 119 Å². The summed E-state index contributed by atoms with van der Waals surface area (Å²) in [6.07, 6.45) is 5.29. The Bertz CT molecular complexity index is 397. The van der Waals surface area contributed by atoms with Gasteiger partial charge in [-0.25, -0.2) is 0 Å². The van der Waals surface area contributed by atoms with Crippen LogP contribution in [0.5, 0.6) is 0 Å². The second-order valence-electron chi connectivity index (χ2n) is 4.95. The first-order valence-electron chi connectivity index (χ1n) is 6.55. The number of piperidine rings is 1. The highest BCUT2D eigenvalue weighted by atomic mass is 35.5. The van der Waals surface area contributed by atoms with E-state index >= 15 is 0 Å². The highest BCUT2D eigenvalue weighted by Crippen LogP contribution is 2.30. The molecule has 1 atom stereocenters. The van der Waals surface area contributed by atoms with E-state index in [-0.39, 0.29) is 0 Å². The maximum absolute atomic E-state index is 5.99. The van der Waals surface area contributed by atoms with E-state index < -0.39 is 0 Å². The van der Waals surface area contributed by atoms with E-state index in [1.807, 2.05) is 30.0 Å². The van der Waals surface area contributed by atoms with Gasteiger partial charge in [0.2, 0.25) is 0 Å². The van der Waals surface area contributed by atoms with Crippen LogP contribution in [0.3, 0.4) is 0 Å². The molecule has 1 fully saturated rings. The molecule has 0 aromatic heterocycles. The summed E-state index contributed by atoms with van der Waals surface area (Å²) in [5.74, 6) is 1.11. The number of hydrogen-bond acceptors (Lipinski definition) is 3. The second kappa shape index (κ2) is 6.69. The van der Waals surface area contributed by atoms with Crippen LogP contribution in [-0.4, -0.2) is 30.3 Å². The molecular weight excluding hydrogens is 264 g/mol. The minimum Gasteiger partial charge on any atom is -0.398 e. The Morgan fingerprint density at radius 2 is 2.28 bits per heavy atom. The third-order valence-corrected chi connectivity index (χ3v) is 4.95. The van der Waals surface area contributed by atoms with Gasteiger partial charge in [-0.15, -0.1) is 11.8 Å². The monoisotopic (exact) mass is 284 g/mol. The molecule has 1 aromatic rings. The van der Waals surface area contributed by atoms with Crippen molar-refractivity contribution in [3.63, 3.8) is 0 Å². The second-order valence-corrected chi connectivity index (χ2v) is 6.52. The van der Waals surface area contributed by atoms with Gasteiger partial charge in [0.05, 0.1) is 0 Å². The number of benzene rings is 1. The van der Waals surface area contributed by atoms with Gasteiger partial charge in [0.15, 0.2) is 0 Å². The van der Waals surface area contributed by atoms with E-state index in [0.717, 1.165) is 27.4 Å². The molecule has 0 saturated carbocycles. The van der Waals surface area contributed by atoms with Gasteiger partial charge in [0, 0.05) is 21.6 Å². The zero-order valence-electron chi connectivity index (χ0n) is 10.9. The van der Waals surface area contributed by atoms with Crippen molar-refractivity contribution in [1.82, 2.24) is 4.90 Å². The van der Waals surface area contributed by atoms with Crippen molar-refractivity contribution >= 4 is 29.1 Å². The highest BCUT2D eigenvalue weighted by molar-refractivity contribution is 7.99. The molecule has 0 bridgehead atoms. The summed E-state index contributed by atoms with van der Waals surface area (Å²) in [7, 11) is 2.24. The summed E-state index contributed by atoms with van der Waals surface area (Å²) >= 11 is 7.81. The van der Waals surface area contributed by atoms with Crippen molar-refractivity contribution in [2.75, 3.05) is 25.1 Å². The average molecular weight is 285 g/mol. The van der Waals surface area contributed by atoms with Crippen molar-refractivity contribution in [2.45, 2.75) is 36.6 Å². The molecule has 1 aliphatic rings. The topological polar surface area (TPSA) is 29.3 Å². The largest absolute Gasteiger partial charge is 0.398 e. The van der Waals surface area contributed by atoms with Crippen LogP contribution in [0, 0.1) is 0 Å². The SMILES string of the molecule is CN1CCCCC1CCSc1cc(Cl)ccc1N. The predicted octanol–water partition coefficient (Wildman–Crippen LogP) is 3.89. The Morgan fingerprint density at radius 3 is 3.06 bits per heavy atom. The van der Waals surface area contributed by atoms with Crippen molar-refractivity contribution in [3.05, 3.63) is 23.2 Å². The summed E-state index contributed by atoms with van der Waals surface area (Å²) in [4.78, 5) is 3.60. The highest BCUT2D eigenvalue weighted by Gasteiger charge is 2.18. The number of rotatable bonds is 4. The van der Waals surface area contributed by atoms with E-state index in [0.29, 0.717) is 0 Å². The van der Waals surface area contributed by atoms with Gasteiger partial charge < -0.3 is 10.6 Å². The van der Waals surface area contributed by atoms with Crippen LogP contribution in [0.25, 0.3) is 0 Å². The number of hydrogen-bond donors (Lipinski definition) is 1. The van der Waals surface area contributed by atoms with Crippen molar-refractivity contribution in [1.29, 1.82) is 0 Å². The third-order valence-electron chi connectivity index (χ3n) is 3.61. The first kappa shape index (κ1) is 14.0. The summed E-state index contributed by atoms with van der Waals surface area (Å²) in [5, 5.41) is 0.765. The predicted molar refractivity (Wildman–Crippen MR) is 81.5 cm³/mol. The van der Waals surface area contributed by atoms with Gasteiger partial charge >= 0.3 is 0 Å². The molecular formula is C14H21ClN2S. The molecule has 0 amide bonds. The summed E-state index contributed by atoms with van der Waals surface area (Å²) in [6, 6.07) is 6.44. The van der Waals surface area contributed by atoms with E-state index in [1.165, 1.54) is 32.2 Å². The lowest BCUT2D eigenvalue weighted by atomic mass is 10.0. The third kappa shape index (κ3) is 3.81. The molecule has 2 N–H and O–H groups in total. The number of likely N-dealkylation sites (tertiary alicyclic amines) is 1. The normalized spacial score (nSPS) is 21.1. The van der Waals surface area contributed by atoms with Crippen LogP contribution in [0.1, 0.15) is 25.7 Å². The molecule has 1 aromatic carbocycles. The van der Waals surface area contributed by atoms with Crippen LogP contribution in [0.15, 0.2) is 23.1 Å². The molecule has 1 unspecified atom stereocenters. The molecule has 18 heavy (non-hydrogen) atoms. The maximum Gasteiger partial charge on any atom is 0.0453 e. The quantitative estimate of drug-likeness (QED) is 0.672. The zero-order chi connectivity index (χ0) is 13.0. The standard InChI is InChI=1S/C14H21ClN2S/c1-17-8-3-2-4-12(17)7-9-18-14-10-11(15)5-6-13(14)16/h5-6,10,12H,2-4,7-9,16H2,1H3. The first-order chi connectivity index (χ1) is 8.66. The fourth-order valence-corrected chi connectivity index (χ4v) is 3.74. The smallest absolute Gasteiger partial charge is 0.0453 e. The molecule has 1 aliphatic heterocycles. The fraction of sp³-hybridized carbons (Fsp3) is 0.571. The van der Waals surface area contributed by atoms with Crippen LogP contribution in [0.4, 0.5) is 5.69 Å². The van der Waals surface area contributed by atoms with Gasteiger partial charge in [-0.3, -0.25) is 0 Å². The van der Waals surface area contributed by atoms with Crippen LogP contribution in [-0.2, 0) is 0 Å². The maximum atomic E-state index is 5.99.